The van der Waals surface area contributed by atoms with E-state index in [4.69, 9.17) is 11.2 Å². The lowest BCUT2D eigenvalue weighted by molar-refractivity contribution is -0.136. The zero-order chi connectivity index (χ0) is 16.6. The van der Waals surface area contributed by atoms with Crippen LogP contribution in [-0.4, -0.2) is 22.4 Å². The van der Waals surface area contributed by atoms with E-state index in [0.29, 0.717) is 12.2 Å². The van der Waals surface area contributed by atoms with Gasteiger partial charge in [0.25, 0.3) is 0 Å². The molecule has 0 aliphatic carbocycles. The molecule has 6 heteroatoms. The topological polar surface area (TPSA) is 67.8 Å². The lowest BCUT2D eigenvalue weighted by Crippen LogP contribution is -2.29. The van der Waals surface area contributed by atoms with Gasteiger partial charge in [-0.15, -0.1) is 12.3 Å². The zero-order valence-electron chi connectivity index (χ0n) is 12.4. The van der Waals surface area contributed by atoms with E-state index in [1.54, 1.807) is 38.1 Å². The Balaban J connectivity index is 2.53. The van der Waals surface area contributed by atoms with Crippen molar-refractivity contribution in [3.63, 3.8) is 0 Å². The maximum Gasteiger partial charge on any atom is 0.327 e. The van der Waals surface area contributed by atoms with Crippen molar-refractivity contribution in [3.8, 4) is 18.1 Å². The van der Waals surface area contributed by atoms with Gasteiger partial charge >= 0.3 is 5.97 Å². The third kappa shape index (κ3) is 6.55. The summed E-state index contributed by atoms with van der Waals surface area (Å²) in [4.78, 5) is 23.0. The maximum atomic E-state index is 11.7. The Labute approximate surface area is 138 Å². The first-order chi connectivity index (χ1) is 10.3. The fraction of sp³-hybridized carbons (Fsp3) is 0.312. The van der Waals surface area contributed by atoms with Gasteiger partial charge in [0.2, 0.25) is 5.91 Å². The Morgan fingerprint density at radius 2 is 2.05 bits per heavy atom. The van der Waals surface area contributed by atoms with Crippen LogP contribution in [0, 0.1) is 12.3 Å². The second-order valence-electron chi connectivity index (χ2n) is 4.93. The second-order valence-corrected chi connectivity index (χ2v) is 6.91. The average molecular weight is 365 g/mol. The van der Waals surface area contributed by atoms with Gasteiger partial charge in [-0.05, 0) is 43.7 Å². The molecule has 0 unspecified atom stereocenters. The number of terminal acetylenes is 1. The molecule has 0 aromatic heterocycles. The van der Waals surface area contributed by atoms with Gasteiger partial charge in [0.1, 0.15) is 10.1 Å². The van der Waals surface area contributed by atoms with Crippen LogP contribution in [0.4, 0.5) is 0 Å². The van der Waals surface area contributed by atoms with E-state index in [0.717, 1.165) is 5.56 Å². The Kier molecular flexibility index (Phi) is 6.80. The number of hydrazone groups is 1. The number of carbonyl (C=O) groups excluding carboxylic acids is 2. The van der Waals surface area contributed by atoms with Gasteiger partial charge in [0.05, 0.1) is 6.21 Å². The number of benzene rings is 1. The van der Waals surface area contributed by atoms with Crippen molar-refractivity contribution < 1.29 is 14.3 Å². The molecule has 0 aliphatic rings. The summed E-state index contributed by atoms with van der Waals surface area (Å²) in [6.45, 7) is 3.42. The van der Waals surface area contributed by atoms with E-state index in [9.17, 15) is 9.59 Å². The van der Waals surface area contributed by atoms with Crippen LogP contribution >= 0.6 is 15.9 Å². The molecule has 0 heterocycles. The van der Waals surface area contributed by atoms with Gasteiger partial charge in [-0.2, -0.15) is 5.10 Å². The number of halogens is 1. The number of carbonyl (C=O) groups is 2. The summed E-state index contributed by atoms with van der Waals surface area (Å²) in [7, 11) is 0. The minimum Gasteiger partial charge on any atom is -0.426 e. The minimum atomic E-state index is -0.740. The molecular formula is C16H17BrN2O3. The average Bonchev–Trinajstić information content (AvgIpc) is 2.46. The Morgan fingerprint density at radius 1 is 1.41 bits per heavy atom. The number of esters is 1. The maximum absolute atomic E-state index is 11.7. The third-order valence-electron chi connectivity index (χ3n) is 2.48. The molecule has 0 spiro atoms. The number of rotatable bonds is 6. The van der Waals surface area contributed by atoms with Crippen LogP contribution in [0.2, 0.25) is 0 Å². The van der Waals surface area contributed by atoms with Gasteiger partial charge < -0.3 is 4.74 Å². The fourth-order valence-corrected chi connectivity index (χ4v) is 1.35. The van der Waals surface area contributed by atoms with E-state index in [-0.39, 0.29) is 18.3 Å². The first-order valence-electron chi connectivity index (χ1n) is 6.59. The monoisotopic (exact) mass is 364 g/mol. The van der Waals surface area contributed by atoms with E-state index >= 15 is 0 Å². The highest BCUT2D eigenvalue weighted by Gasteiger charge is 2.25. The number of hydrogen-bond donors (Lipinski definition) is 1. The van der Waals surface area contributed by atoms with E-state index in [1.165, 1.54) is 6.21 Å². The van der Waals surface area contributed by atoms with Crippen molar-refractivity contribution in [2.75, 3.05) is 0 Å². The zero-order valence-corrected chi connectivity index (χ0v) is 14.0. The SMILES string of the molecule is C#CCCC(=O)N/N=C/c1ccc(OC(=O)C(C)(C)Br)cc1. The van der Waals surface area contributed by atoms with Crippen molar-refractivity contribution >= 4 is 34.0 Å². The van der Waals surface area contributed by atoms with Crippen LogP contribution in [0.15, 0.2) is 29.4 Å². The molecule has 0 saturated carbocycles. The highest BCUT2D eigenvalue weighted by atomic mass is 79.9. The Morgan fingerprint density at radius 3 is 2.59 bits per heavy atom. The van der Waals surface area contributed by atoms with Crippen LogP contribution in [0.3, 0.4) is 0 Å². The van der Waals surface area contributed by atoms with Gasteiger partial charge in [0, 0.05) is 12.8 Å². The Bertz CT molecular complexity index is 595. The first-order valence-corrected chi connectivity index (χ1v) is 7.39. The normalized spacial score (nSPS) is 11.0. The predicted molar refractivity (Wildman–Crippen MR) is 88.9 cm³/mol. The third-order valence-corrected chi connectivity index (χ3v) is 2.80. The van der Waals surface area contributed by atoms with Gasteiger partial charge in [-0.3, -0.25) is 9.59 Å². The molecule has 1 amide bonds. The van der Waals surface area contributed by atoms with Crippen LogP contribution in [0.1, 0.15) is 32.3 Å². The van der Waals surface area contributed by atoms with Gasteiger partial charge in [-0.25, -0.2) is 5.43 Å². The lowest BCUT2D eigenvalue weighted by atomic mass is 10.2. The molecule has 0 saturated heterocycles. The van der Waals surface area contributed by atoms with E-state index in [1.807, 2.05) is 0 Å². The summed E-state index contributed by atoms with van der Waals surface area (Å²) < 4.78 is 4.46. The summed E-state index contributed by atoms with van der Waals surface area (Å²) in [5.74, 6) is 2.20. The van der Waals surface area contributed by atoms with Gasteiger partial charge in [-0.1, -0.05) is 15.9 Å². The van der Waals surface area contributed by atoms with Crippen molar-refractivity contribution in [2.24, 2.45) is 5.10 Å². The highest BCUT2D eigenvalue weighted by Crippen LogP contribution is 2.20. The second kappa shape index (κ2) is 8.35. The molecule has 22 heavy (non-hydrogen) atoms. The summed E-state index contributed by atoms with van der Waals surface area (Å²) in [6.07, 6.45) is 7.18. The molecule has 1 aromatic rings. The molecule has 0 aliphatic heterocycles. The number of amides is 1. The number of nitrogens with one attached hydrogen (secondary N) is 1. The van der Waals surface area contributed by atoms with Crippen molar-refractivity contribution in [1.29, 1.82) is 0 Å². The molecule has 5 nitrogen and oxygen atoms in total. The molecule has 0 radical (unpaired) electrons. The van der Waals surface area contributed by atoms with Crippen LogP contribution in [0.5, 0.6) is 5.75 Å². The molecule has 0 bridgehead atoms. The number of nitrogens with zero attached hydrogens (tertiary/aromatic N) is 1. The molecule has 1 rings (SSSR count). The van der Waals surface area contributed by atoms with Crippen LogP contribution in [-0.2, 0) is 9.59 Å². The predicted octanol–water partition coefficient (Wildman–Crippen LogP) is 2.63. The van der Waals surface area contributed by atoms with Crippen molar-refractivity contribution in [2.45, 2.75) is 31.0 Å². The lowest BCUT2D eigenvalue weighted by Gasteiger charge is -2.14. The number of ether oxygens (including phenoxy) is 1. The minimum absolute atomic E-state index is 0.237. The number of hydrogen-bond acceptors (Lipinski definition) is 4. The van der Waals surface area contributed by atoms with E-state index < -0.39 is 4.32 Å². The summed E-state index contributed by atoms with van der Waals surface area (Å²) in [6, 6.07) is 6.75. The highest BCUT2D eigenvalue weighted by molar-refractivity contribution is 9.10. The summed E-state index contributed by atoms with van der Waals surface area (Å²) in [5, 5.41) is 3.82. The molecule has 1 N–H and O–H groups in total. The molecule has 1 aromatic carbocycles. The molecule has 0 atom stereocenters. The fourth-order valence-electron chi connectivity index (χ4n) is 1.27. The van der Waals surface area contributed by atoms with Gasteiger partial charge in [0.15, 0.2) is 0 Å². The largest absolute Gasteiger partial charge is 0.426 e. The molecule has 0 fully saturated rings. The first kappa shape index (κ1) is 17.9. The summed E-state index contributed by atoms with van der Waals surface area (Å²) in [5.41, 5.74) is 3.14. The number of alkyl halides is 1. The molecule has 116 valence electrons. The smallest absolute Gasteiger partial charge is 0.327 e. The van der Waals surface area contributed by atoms with Crippen LogP contribution < -0.4 is 10.2 Å². The van der Waals surface area contributed by atoms with Crippen LogP contribution in [0.25, 0.3) is 0 Å². The van der Waals surface area contributed by atoms with Crippen molar-refractivity contribution in [3.05, 3.63) is 29.8 Å². The quantitative estimate of drug-likeness (QED) is 0.210. The standard InChI is InChI=1S/C16H17BrN2O3/c1-4-5-6-14(20)19-18-11-12-7-9-13(10-8-12)22-15(21)16(2,3)17/h1,7-11H,5-6H2,2-3H3,(H,19,20)/b18-11+. The molecular weight excluding hydrogens is 348 g/mol. The summed E-state index contributed by atoms with van der Waals surface area (Å²) >= 11 is 3.23. The van der Waals surface area contributed by atoms with E-state index in [2.05, 4.69) is 32.4 Å². The Hall–Kier alpha value is -2.13. The van der Waals surface area contributed by atoms with Crippen molar-refractivity contribution in [1.82, 2.24) is 5.43 Å².